The zero-order valence-electron chi connectivity index (χ0n) is 38.6. The summed E-state index contributed by atoms with van der Waals surface area (Å²) in [5, 5.41) is 8.55. The highest BCUT2D eigenvalue weighted by Gasteiger charge is 2.52. The number of anilines is 1. The van der Waals surface area contributed by atoms with Crippen molar-refractivity contribution in [3.8, 4) is 5.75 Å². The number of benzene rings is 1. The molecule has 67 heavy (non-hydrogen) atoms. The Balaban J connectivity index is 0.682. The molecule has 0 spiro atoms. The number of hydrogen-bond acceptors (Lipinski definition) is 11. The average molecular weight is 939 g/mol. The Morgan fingerprint density at radius 1 is 0.925 bits per heavy atom. The maximum atomic E-state index is 15.6. The molecule has 1 fully saturated rings. The Kier molecular flexibility index (Phi) is 14.8. The van der Waals surface area contributed by atoms with E-state index in [9.17, 15) is 14.4 Å². The number of halogens is 2. The number of rotatable bonds is 21. The van der Waals surface area contributed by atoms with E-state index in [2.05, 4.69) is 22.1 Å². The lowest BCUT2D eigenvalue weighted by molar-refractivity contribution is -0.362. The Morgan fingerprint density at radius 2 is 1.69 bits per heavy atom. The van der Waals surface area contributed by atoms with E-state index in [4.69, 9.17) is 24.0 Å². The SMILES string of the molecule is CC(=O)c1ccc(N2CCN(C(=O)c3cc4c(C)nn(Cc5cccc(OCCOCCOCCOCCNC(=O)CCc6ccc7n6[B-](F)(F)[N+]6=C(C)C=C(C)C6=C7)c5)c4s3)C[C@H]2C)nc1. The first-order chi connectivity index (χ1) is 32.3. The number of fused-ring (bicyclic) bond motifs is 3. The zero-order chi connectivity index (χ0) is 47.2. The molecule has 19 heteroatoms. The fourth-order valence-corrected chi connectivity index (χ4v) is 10.0. The van der Waals surface area contributed by atoms with Gasteiger partial charge >= 0.3 is 6.97 Å². The van der Waals surface area contributed by atoms with E-state index in [0.29, 0.717) is 112 Å². The second kappa shape index (κ2) is 20.9. The van der Waals surface area contributed by atoms with Crippen LogP contribution in [-0.2, 0) is 32.0 Å². The van der Waals surface area contributed by atoms with Crippen LogP contribution in [0.3, 0.4) is 0 Å². The largest absolute Gasteiger partial charge is 0.737 e. The molecule has 1 saturated heterocycles. The van der Waals surface area contributed by atoms with Crippen molar-refractivity contribution in [1.82, 2.24) is 29.5 Å². The smallest absolute Gasteiger partial charge is 0.491 e. The lowest BCUT2D eigenvalue weighted by Gasteiger charge is -2.40. The molecular weight excluding hydrogens is 881 g/mol. The predicted octanol–water partition coefficient (Wildman–Crippen LogP) is 6.39. The van der Waals surface area contributed by atoms with Gasteiger partial charge in [0.1, 0.15) is 28.7 Å². The van der Waals surface area contributed by atoms with Crippen molar-refractivity contribution in [3.63, 3.8) is 0 Å². The maximum absolute atomic E-state index is 15.6. The van der Waals surface area contributed by atoms with E-state index in [1.54, 1.807) is 43.5 Å². The number of hydrogen-bond donors (Lipinski definition) is 1. The number of nitrogens with one attached hydrogen (secondary N) is 1. The molecule has 5 aromatic rings. The van der Waals surface area contributed by atoms with E-state index in [-0.39, 0.29) is 36.5 Å². The molecule has 4 aromatic heterocycles. The van der Waals surface area contributed by atoms with Crippen molar-refractivity contribution in [2.75, 3.05) is 77.3 Å². The van der Waals surface area contributed by atoms with Crippen molar-refractivity contribution in [3.05, 3.63) is 111 Å². The number of allylic oxidation sites excluding steroid dienone is 2. The van der Waals surface area contributed by atoms with Crippen molar-refractivity contribution in [1.29, 1.82) is 0 Å². The van der Waals surface area contributed by atoms with Crippen molar-refractivity contribution in [2.24, 2.45) is 0 Å². The van der Waals surface area contributed by atoms with E-state index in [1.807, 2.05) is 59.8 Å². The molecule has 1 aromatic carbocycles. The van der Waals surface area contributed by atoms with Crippen LogP contribution in [0.2, 0.25) is 0 Å². The molecule has 354 valence electrons. The first-order valence-electron chi connectivity index (χ1n) is 22.8. The third kappa shape index (κ3) is 10.7. The van der Waals surface area contributed by atoms with Gasteiger partial charge in [0.05, 0.1) is 56.8 Å². The summed E-state index contributed by atoms with van der Waals surface area (Å²) in [5.74, 6) is 1.28. The maximum Gasteiger partial charge on any atom is 0.737 e. The highest BCUT2D eigenvalue weighted by atomic mass is 32.1. The number of ketones is 1. The zero-order valence-corrected chi connectivity index (χ0v) is 39.5. The van der Waals surface area contributed by atoms with Gasteiger partial charge in [-0.1, -0.05) is 12.1 Å². The predicted molar refractivity (Wildman–Crippen MR) is 255 cm³/mol. The average Bonchev–Trinajstić information content (AvgIpc) is 4.08. The first-order valence-corrected chi connectivity index (χ1v) is 23.6. The summed E-state index contributed by atoms with van der Waals surface area (Å²) in [6, 6.07) is 16.9. The van der Waals surface area contributed by atoms with Crippen LogP contribution < -0.4 is 15.0 Å². The molecule has 8 rings (SSSR count). The molecule has 15 nitrogen and oxygen atoms in total. The highest BCUT2D eigenvalue weighted by molar-refractivity contribution is 7.20. The molecule has 0 unspecified atom stereocenters. The van der Waals surface area contributed by atoms with Gasteiger partial charge in [-0.15, -0.1) is 11.3 Å². The van der Waals surface area contributed by atoms with Crippen LogP contribution in [-0.4, -0.2) is 137 Å². The van der Waals surface area contributed by atoms with Gasteiger partial charge in [-0.25, -0.2) is 4.98 Å². The van der Waals surface area contributed by atoms with E-state index < -0.39 is 6.97 Å². The summed E-state index contributed by atoms with van der Waals surface area (Å²) < 4.78 is 58.2. The molecule has 3 aliphatic rings. The number of nitrogens with zero attached hydrogens (tertiary/aromatic N) is 7. The van der Waals surface area contributed by atoms with Crippen LogP contribution in [0.5, 0.6) is 5.75 Å². The van der Waals surface area contributed by atoms with Crippen molar-refractivity contribution >= 4 is 63.7 Å². The van der Waals surface area contributed by atoms with Gasteiger partial charge < -0.3 is 51.7 Å². The number of carbonyl (C=O) groups excluding carboxylic acids is 3. The number of thiophene rings is 1. The molecular formula is C48H57BF2N8O7S. The lowest BCUT2D eigenvalue weighted by Crippen LogP contribution is -2.54. The van der Waals surface area contributed by atoms with Gasteiger partial charge in [0, 0.05) is 86.1 Å². The van der Waals surface area contributed by atoms with Gasteiger partial charge in [-0.2, -0.15) is 5.10 Å². The van der Waals surface area contributed by atoms with Crippen LogP contribution in [0.15, 0.2) is 78.1 Å². The Hall–Kier alpha value is -6.02. The van der Waals surface area contributed by atoms with Gasteiger partial charge in [-0.3, -0.25) is 19.1 Å². The summed E-state index contributed by atoms with van der Waals surface area (Å²) in [5.41, 5.74) is 5.18. The van der Waals surface area contributed by atoms with Crippen LogP contribution in [0, 0.1) is 6.92 Å². The summed E-state index contributed by atoms with van der Waals surface area (Å²) in [6.45, 7) is 10.2. The van der Waals surface area contributed by atoms with Gasteiger partial charge in [0.2, 0.25) is 5.91 Å². The third-order valence-electron chi connectivity index (χ3n) is 12.2. The number of amides is 2. The molecule has 0 radical (unpaired) electrons. The number of carbonyl (C=O) groups is 3. The van der Waals surface area contributed by atoms with Crippen LogP contribution in [0.1, 0.15) is 76.8 Å². The molecule has 0 aliphatic carbocycles. The molecule has 1 N–H and O–H groups in total. The first kappa shape index (κ1) is 47.5. The summed E-state index contributed by atoms with van der Waals surface area (Å²) >= 11 is 1.46. The summed E-state index contributed by atoms with van der Waals surface area (Å²) in [4.78, 5) is 48.1. The van der Waals surface area contributed by atoms with Gasteiger partial charge in [0.15, 0.2) is 11.5 Å². The number of pyridine rings is 1. The molecule has 3 aliphatic heterocycles. The molecule has 0 bridgehead atoms. The molecule has 1 atom stereocenters. The van der Waals surface area contributed by atoms with Gasteiger partial charge in [-0.05, 0) is 87.8 Å². The Bertz CT molecular complexity index is 2730. The molecule has 0 saturated carbocycles. The highest BCUT2D eigenvalue weighted by Crippen LogP contribution is 2.36. The minimum Gasteiger partial charge on any atom is -0.491 e. The monoisotopic (exact) mass is 938 g/mol. The quantitative estimate of drug-likeness (QED) is 0.0499. The fraction of sp³-hybridized carbons (Fsp3) is 0.417. The number of ether oxygens (including phenoxy) is 4. The standard InChI is InChI=1S/C48H57BF2N8O7S/c1-32-25-33(2)58-43(32)27-40-11-10-39(59(40)49(58,50)51)12-14-46(61)52-15-18-63-19-20-64-21-22-65-23-24-66-41-8-6-7-37(26-41)31-57-48-42(35(4)54-57)28-44(67-48)47(62)55-16-17-56(34(3)30-55)45-13-9-38(29-53-45)36(5)60/h6-11,13,25-29,34H,12,14-24,30-31H2,1-5H3,(H,52,61)/t34-/m1/s1. The topological polar surface area (TPSA) is 145 Å². The minimum atomic E-state index is -4.05. The van der Waals surface area contributed by atoms with Crippen molar-refractivity contribution < 1.29 is 46.4 Å². The Labute approximate surface area is 392 Å². The number of piperazine rings is 1. The normalized spacial score (nSPS) is 16.6. The Morgan fingerprint density at radius 3 is 2.42 bits per heavy atom. The van der Waals surface area contributed by atoms with Crippen LogP contribution >= 0.6 is 11.3 Å². The second-order valence-electron chi connectivity index (χ2n) is 17.1. The number of Topliss-reactive ketones (excluding diaryl/α,β-unsaturated/α-hetero) is 1. The van der Waals surface area contributed by atoms with Gasteiger partial charge in [0.25, 0.3) is 5.91 Å². The van der Waals surface area contributed by atoms with E-state index in [1.165, 1.54) is 18.3 Å². The summed E-state index contributed by atoms with van der Waals surface area (Å²) in [6.07, 6.45) is 5.44. The number of aromatic nitrogens is 4. The van der Waals surface area contributed by atoms with Crippen LogP contribution in [0.25, 0.3) is 16.3 Å². The third-order valence-corrected chi connectivity index (χ3v) is 13.4. The summed E-state index contributed by atoms with van der Waals surface area (Å²) in [7, 11) is 0. The number of aryl methyl sites for hydroxylation is 2. The molecule has 2 amide bonds. The molecule has 7 heterocycles. The van der Waals surface area contributed by atoms with E-state index in [0.717, 1.165) is 47.6 Å². The van der Waals surface area contributed by atoms with E-state index >= 15 is 8.63 Å². The second-order valence-corrected chi connectivity index (χ2v) is 18.1. The fourth-order valence-electron chi connectivity index (χ4n) is 8.88. The minimum absolute atomic E-state index is 0.00874. The van der Waals surface area contributed by atoms with Crippen molar-refractivity contribution in [2.45, 2.75) is 60.0 Å². The lowest BCUT2D eigenvalue weighted by atomic mass is 9.89. The van der Waals surface area contributed by atoms with Crippen LogP contribution in [0.4, 0.5) is 14.4 Å².